The predicted octanol–water partition coefficient (Wildman–Crippen LogP) is 2.30. The third kappa shape index (κ3) is 7.22. The number of nitrogen functional groups attached to an aromatic ring is 1. The fourth-order valence-electron chi connectivity index (χ4n) is 5.48. The second-order valence-electron chi connectivity index (χ2n) is 11.2. The molecule has 2 aliphatic rings. The lowest BCUT2D eigenvalue weighted by atomic mass is 9.98. The van der Waals surface area contributed by atoms with Crippen LogP contribution in [0, 0.1) is 5.41 Å². The van der Waals surface area contributed by atoms with E-state index in [9.17, 15) is 23.1 Å². The smallest absolute Gasteiger partial charge is 0.326 e. The van der Waals surface area contributed by atoms with Crippen molar-refractivity contribution in [3.63, 3.8) is 0 Å². The van der Waals surface area contributed by atoms with Crippen molar-refractivity contribution in [3.05, 3.63) is 76.4 Å². The summed E-state index contributed by atoms with van der Waals surface area (Å²) in [5.41, 5.74) is 9.61. The quantitative estimate of drug-likeness (QED) is 0.201. The lowest BCUT2D eigenvalue weighted by Gasteiger charge is -2.34. The second-order valence-corrected chi connectivity index (χ2v) is 12.9. The molecule has 10 nitrogen and oxygen atoms in total. The molecule has 5 N–H and O–H groups in total. The van der Waals surface area contributed by atoms with Gasteiger partial charge in [-0.25, -0.2) is 13.2 Å². The maximum absolute atomic E-state index is 13.9. The molecule has 0 fully saturated rings. The average Bonchev–Trinajstić information content (AvgIpc) is 3.14. The molecule has 0 saturated heterocycles. The Kier molecular flexibility index (Phi) is 9.31. The van der Waals surface area contributed by atoms with Crippen molar-refractivity contribution in [2.24, 2.45) is 5.73 Å². The molecule has 0 aromatic heterocycles. The van der Waals surface area contributed by atoms with Crippen LogP contribution in [-0.2, 0) is 38.9 Å². The molecule has 0 bridgehead atoms. The number of sulfonamides is 1. The van der Waals surface area contributed by atoms with Crippen molar-refractivity contribution >= 4 is 27.7 Å². The van der Waals surface area contributed by atoms with E-state index in [1.165, 1.54) is 4.90 Å². The highest BCUT2D eigenvalue weighted by Gasteiger charge is 2.37. The van der Waals surface area contributed by atoms with Gasteiger partial charge in [-0.1, -0.05) is 35.9 Å². The minimum absolute atomic E-state index is 0.0427. The Balaban J connectivity index is 1.66. The predicted molar refractivity (Wildman–Crippen MR) is 157 cm³/mol. The third-order valence-corrected chi connectivity index (χ3v) is 9.39. The number of hydrogen-bond donors (Lipinski definition) is 4. The Labute approximate surface area is 241 Å². The third-order valence-electron chi connectivity index (χ3n) is 7.92. The second kappa shape index (κ2) is 12.5. The van der Waals surface area contributed by atoms with E-state index in [0.29, 0.717) is 17.2 Å². The summed E-state index contributed by atoms with van der Waals surface area (Å²) in [6, 6.07) is 9.82. The molecular weight excluding hydrogens is 542 g/mol. The molecule has 0 aliphatic carbocycles. The number of amides is 1. The number of carbonyl (C=O) groups excluding carboxylic acids is 1. The maximum Gasteiger partial charge on any atom is 0.326 e. The molecule has 0 saturated carbocycles. The minimum atomic E-state index is -4.15. The van der Waals surface area contributed by atoms with Crippen LogP contribution in [0.2, 0.25) is 0 Å². The topological polar surface area (TPSA) is 157 Å². The summed E-state index contributed by atoms with van der Waals surface area (Å²) in [5, 5.41) is 17.6. The van der Waals surface area contributed by atoms with Gasteiger partial charge < -0.3 is 20.6 Å². The van der Waals surface area contributed by atoms with E-state index in [1.807, 2.05) is 13.0 Å². The van der Waals surface area contributed by atoms with Crippen molar-refractivity contribution in [2.45, 2.75) is 69.5 Å². The molecule has 2 aliphatic heterocycles. The Hall–Kier alpha value is -3.54. The Morgan fingerprint density at radius 3 is 2.49 bits per heavy atom. The molecule has 1 amide bonds. The summed E-state index contributed by atoms with van der Waals surface area (Å²) in [4.78, 5) is 29.6. The maximum atomic E-state index is 13.9. The van der Waals surface area contributed by atoms with E-state index in [2.05, 4.69) is 23.5 Å². The number of nitrogens with two attached hydrogens (primary N) is 1. The Morgan fingerprint density at radius 1 is 1.12 bits per heavy atom. The van der Waals surface area contributed by atoms with Crippen molar-refractivity contribution in [2.75, 3.05) is 19.6 Å². The van der Waals surface area contributed by atoms with E-state index in [1.54, 1.807) is 42.5 Å². The molecular formula is C30H39N5O5S. The molecule has 2 aromatic rings. The number of carboxylic acids is 1. The van der Waals surface area contributed by atoms with E-state index >= 15 is 0 Å². The Bertz CT molecular complexity index is 1470. The summed E-state index contributed by atoms with van der Waals surface area (Å²) in [7, 11) is -4.15. The largest absolute Gasteiger partial charge is 0.480 e. The molecule has 11 heteroatoms. The lowest BCUT2D eigenvalue weighted by Crippen LogP contribution is -2.55. The summed E-state index contributed by atoms with van der Waals surface area (Å²) >= 11 is 0. The molecule has 2 aromatic carbocycles. The van der Waals surface area contributed by atoms with Gasteiger partial charge >= 0.3 is 5.97 Å². The van der Waals surface area contributed by atoms with E-state index in [4.69, 9.17) is 11.1 Å². The number of hydrogen-bond acceptors (Lipinski definition) is 6. The summed E-state index contributed by atoms with van der Waals surface area (Å²) < 4.78 is 30.1. The summed E-state index contributed by atoms with van der Waals surface area (Å²) in [6.07, 6.45) is 3.45. The van der Waals surface area contributed by atoms with E-state index < -0.39 is 34.0 Å². The Morgan fingerprint density at radius 2 is 1.83 bits per heavy atom. The monoisotopic (exact) mass is 581 g/mol. The van der Waals surface area contributed by atoms with Crippen molar-refractivity contribution in [1.29, 1.82) is 5.41 Å². The first-order valence-corrected chi connectivity index (χ1v) is 15.3. The van der Waals surface area contributed by atoms with Crippen LogP contribution in [0.4, 0.5) is 0 Å². The zero-order valence-corrected chi connectivity index (χ0v) is 24.6. The number of carboxylic acid groups (broad SMARTS) is 1. The number of rotatable bonds is 9. The number of amidine groups is 1. The number of benzene rings is 2. The molecule has 0 radical (unpaired) electrons. The number of nitrogens with one attached hydrogen (secondary N) is 2. The number of fused-ring (bicyclic) bond motifs is 1. The first-order valence-electron chi connectivity index (χ1n) is 13.9. The van der Waals surface area contributed by atoms with Gasteiger partial charge in [0.15, 0.2) is 0 Å². The first-order chi connectivity index (χ1) is 19.4. The fraction of sp³-hybridized carbons (Fsp3) is 0.433. The van der Waals surface area contributed by atoms with Gasteiger partial charge in [0.1, 0.15) is 17.9 Å². The van der Waals surface area contributed by atoms with Gasteiger partial charge in [-0.05, 0) is 81.3 Å². The van der Waals surface area contributed by atoms with Gasteiger partial charge in [-0.15, -0.1) is 0 Å². The SMILES string of the molecule is CC1=CCN(C(=O)[C@H](Cc2cccc(C(=N)N)c2)NS(=O)(=O)c2ccc3c(c2)CCN(C(C)C)CC3)C(C(=O)O)C1. The van der Waals surface area contributed by atoms with Crippen molar-refractivity contribution in [3.8, 4) is 0 Å². The number of carbonyl (C=O) groups is 2. The van der Waals surface area contributed by atoms with Gasteiger partial charge in [-0.3, -0.25) is 10.2 Å². The molecule has 0 spiro atoms. The van der Waals surface area contributed by atoms with Crippen molar-refractivity contribution < 1.29 is 23.1 Å². The molecule has 4 rings (SSSR count). The van der Waals surface area contributed by atoms with E-state index in [-0.39, 0.29) is 30.1 Å². The number of aliphatic carboxylic acids is 1. The normalized spacial score (nSPS) is 18.8. The fourth-order valence-corrected chi connectivity index (χ4v) is 6.72. The standard InChI is InChI=1S/C30H39N5O5S/c1-19(2)34-12-10-22-7-8-25(18-23(22)11-13-34)41(39,40)33-26(17-21-5-4-6-24(16-21)28(31)32)29(36)35-14-9-20(3)15-27(35)30(37)38/h4-9,16,18-19,26-27,33H,10-15,17H2,1-3H3,(H3,31,32)(H,37,38)/t26-,27?/m0/s1. The molecule has 220 valence electrons. The van der Waals surface area contributed by atoms with Crippen LogP contribution >= 0.6 is 0 Å². The van der Waals surface area contributed by atoms with Crippen molar-refractivity contribution in [1.82, 2.24) is 14.5 Å². The van der Waals surface area contributed by atoms with Gasteiger partial charge in [0, 0.05) is 31.2 Å². The zero-order valence-electron chi connectivity index (χ0n) is 23.8. The summed E-state index contributed by atoms with van der Waals surface area (Å²) in [6.45, 7) is 7.90. The van der Waals surface area contributed by atoms with Crippen LogP contribution in [-0.4, -0.2) is 78.8 Å². The molecule has 41 heavy (non-hydrogen) atoms. The van der Waals surface area contributed by atoms with Crippen LogP contribution in [0.25, 0.3) is 0 Å². The van der Waals surface area contributed by atoms with Gasteiger partial charge in [0.05, 0.1) is 4.90 Å². The first kappa shape index (κ1) is 30.4. The molecule has 2 heterocycles. The molecule has 1 unspecified atom stereocenters. The van der Waals surface area contributed by atoms with Gasteiger partial charge in [-0.2, -0.15) is 4.72 Å². The van der Waals surface area contributed by atoms with Crippen LogP contribution in [0.3, 0.4) is 0 Å². The minimum Gasteiger partial charge on any atom is -0.480 e. The molecule has 2 atom stereocenters. The van der Waals surface area contributed by atoms with Crippen LogP contribution in [0.1, 0.15) is 49.4 Å². The van der Waals surface area contributed by atoms with Gasteiger partial charge in [0.2, 0.25) is 15.9 Å². The number of nitrogens with zero attached hydrogens (tertiary/aromatic N) is 2. The van der Waals surface area contributed by atoms with Crippen LogP contribution in [0.15, 0.2) is 59.0 Å². The highest BCUT2D eigenvalue weighted by atomic mass is 32.2. The zero-order chi connectivity index (χ0) is 29.9. The average molecular weight is 582 g/mol. The van der Waals surface area contributed by atoms with Crippen LogP contribution in [0.5, 0.6) is 0 Å². The highest BCUT2D eigenvalue weighted by molar-refractivity contribution is 7.89. The summed E-state index contributed by atoms with van der Waals surface area (Å²) in [5.74, 6) is -1.92. The van der Waals surface area contributed by atoms with E-state index in [0.717, 1.165) is 42.6 Å². The lowest BCUT2D eigenvalue weighted by molar-refractivity contribution is -0.150. The van der Waals surface area contributed by atoms with Crippen LogP contribution < -0.4 is 10.5 Å². The van der Waals surface area contributed by atoms with Gasteiger partial charge in [0.25, 0.3) is 0 Å². The highest BCUT2D eigenvalue weighted by Crippen LogP contribution is 2.24.